The Hall–Kier alpha value is -0.960. The van der Waals surface area contributed by atoms with E-state index in [2.05, 4.69) is 21.9 Å². The maximum Gasteiger partial charge on any atom is 0.0618 e. The SMILES string of the molecule is CC.CN1CCC(c2cnccn2)CC1. The maximum atomic E-state index is 4.35. The molecule has 1 aromatic heterocycles. The molecule has 0 saturated carbocycles. The second kappa shape index (κ2) is 6.51. The van der Waals surface area contributed by atoms with Crippen LogP contribution in [-0.4, -0.2) is 35.0 Å². The van der Waals surface area contributed by atoms with Gasteiger partial charge in [-0.3, -0.25) is 9.97 Å². The van der Waals surface area contributed by atoms with E-state index < -0.39 is 0 Å². The Morgan fingerprint density at radius 1 is 1.20 bits per heavy atom. The fourth-order valence-electron chi connectivity index (χ4n) is 1.83. The first kappa shape index (κ1) is 12.1. The van der Waals surface area contributed by atoms with Gasteiger partial charge in [0, 0.05) is 24.5 Å². The molecule has 0 radical (unpaired) electrons. The summed E-state index contributed by atoms with van der Waals surface area (Å²) in [5.41, 5.74) is 1.16. The highest BCUT2D eigenvalue weighted by Crippen LogP contribution is 2.24. The van der Waals surface area contributed by atoms with Crippen LogP contribution in [0.4, 0.5) is 0 Å². The van der Waals surface area contributed by atoms with Crippen LogP contribution in [0.25, 0.3) is 0 Å². The standard InChI is InChI=1S/C10H15N3.C2H6/c1-13-6-2-9(3-7-13)10-8-11-4-5-12-10;1-2/h4-5,8-9H,2-3,6-7H2,1H3;1-2H3. The molecule has 3 heteroatoms. The fraction of sp³-hybridized carbons (Fsp3) is 0.667. The van der Waals surface area contributed by atoms with Gasteiger partial charge in [0.05, 0.1) is 5.69 Å². The largest absolute Gasteiger partial charge is 0.306 e. The smallest absolute Gasteiger partial charge is 0.0618 e. The Balaban J connectivity index is 0.000000531. The van der Waals surface area contributed by atoms with Gasteiger partial charge < -0.3 is 4.90 Å². The van der Waals surface area contributed by atoms with Gasteiger partial charge in [-0.05, 0) is 33.0 Å². The average Bonchev–Trinajstić information content (AvgIpc) is 2.34. The van der Waals surface area contributed by atoms with Gasteiger partial charge in [-0.25, -0.2) is 0 Å². The van der Waals surface area contributed by atoms with Crippen LogP contribution < -0.4 is 0 Å². The molecule has 0 aliphatic carbocycles. The van der Waals surface area contributed by atoms with Crippen LogP contribution >= 0.6 is 0 Å². The Kier molecular flexibility index (Phi) is 5.26. The van der Waals surface area contributed by atoms with Crippen LogP contribution in [-0.2, 0) is 0 Å². The Bertz CT molecular complexity index is 253. The van der Waals surface area contributed by atoms with Crippen LogP contribution in [0.15, 0.2) is 18.6 Å². The summed E-state index contributed by atoms with van der Waals surface area (Å²) in [6.07, 6.45) is 7.85. The molecule has 84 valence electrons. The Labute approximate surface area is 92.6 Å². The number of hydrogen-bond donors (Lipinski definition) is 0. The van der Waals surface area contributed by atoms with Crippen molar-refractivity contribution in [3.05, 3.63) is 24.3 Å². The van der Waals surface area contributed by atoms with Crippen molar-refractivity contribution in [3.63, 3.8) is 0 Å². The lowest BCUT2D eigenvalue weighted by molar-refractivity contribution is 0.253. The molecule has 0 bridgehead atoms. The average molecular weight is 207 g/mol. The molecule has 1 aliphatic heterocycles. The van der Waals surface area contributed by atoms with Crippen LogP contribution in [0.5, 0.6) is 0 Å². The molecule has 1 aromatic rings. The summed E-state index contributed by atoms with van der Waals surface area (Å²) >= 11 is 0. The zero-order chi connectivity index (χ0) is 11.1. The third-order valence-electron chi connectivity index (χ3n) is 2.72. The summed E-state index contributed by atoms with van der Waals surface area (Å²) in [5.74, 6) is 0.630. The molecule has 1 fully saturated rings. The number of hydrogen-bond acceptors (Lipinski definition) is 3. The molecule has 0 N–H and O–H groups in total. The van der Waals surface area contributed by atoms with E-state index in [1.165, 1.54) is 25.9 Å². The molecule has 0 spiro atoms. The highest BCUT2D eigenvalue weighted by Gasteiger charge is 2.18. The highest BCUT2D eigenvalue weighted by atomic mass is 15.1. The Morgan fingerprint density at radius 2 is 1.87 bits per heavy atom. The van der Waals surface area contributed by atoms with Gasteiger partial charge in [0.2, 0.25) is 0 Å². The minimum absolute atomic E-state index is 0.630. The molecule has 1 aliphatic rings. The molecular formula is C12H21N3. The van der Waals surface area contributed by atoms with Crippen LogP contribution in [0.2, 0.25) is 0 Å². The van der Waals surface area contributed by atoms with Crippen molar-refractivity contribution in [2.24, 2.45) is 0 Å². The third-order valence-corrected chi connectivity index (χ3v) is 2.72. The summed E-state index contributed by atoms with van der Waals surface area (Å²) in [6, 6.07) is 0. The summed E-state index contributed by atoms with van der Waals surface area (Å²) in [5, 5.41) is 0. The third kappa shape index (κ3) is 3.59. The van der Waals surface area contributed by atoms with E-state index in [1.54, 1.807) is 12.4 Å². The number of nitrogens with zero attached hydrogens (tertiary/aromatic N) is 3. The molecule has 0 aromatic carbocycles. The number of piperidine rings is 1. The quantitative estimate of drug-likeness (QED) is 0.707. The van der Waals surface area contributed by atoms with Crippen molar-refractivity contribution >= 4 is 0 Å². The maximum absolute atomic E-state index is 4.35. The van der Waals surface area contributed by atoms with Gasteiger partial charge in [-0.15, -0.1) is 0 Å². The Morgan fingerprint density at radius 3 is 2.40 bits per heavy atom. The summed E-state index contributed by atoms with van der Waals surface area (Å²) in [6.45, 7) is 6.36. The van der Waals surface area contributed by atoms with Crippen molar-refractivity contribution in [3.8, 4) is 0 Å². The molecule has 1 saturated heterocycles. The monoisotopic (exact) mass is 207 g/mol. The van der Waals surface area contributed by atoms with Gasteiger partial charge in [-0.1, -0.05) is 13.8 Å². The van der Waals surface area contributed by atoms with Crippen LogP contribution in [0.1, 0.15) is 38.3 Å². The highest BCUT2D eigenvalue weighted by molar-refractivity contribution is 5.04. The van der Waals surface area contributed by atoms with E-state index in [0.29, 0.717) is 5.92 Å². The van der Waals surface area contributed by atoms with E-state index in [4.69, 9.17) is 0 Å². The van der Waals surface area contributed by atoms with Crippen LogP contribution in [0.3, 0.4) is 0 Å². The number of rotatable bonds is 1. The van der Waals surface area contributed by atoms with E-state index >= 15 is 0 Å². The van der Waals surface area contributed by atoms with Gasteiger partial charge in [0.1, 0.15) is 0 Å². The molecule has 0 atom stereocenters. The second-order valence-corrected chi connectivity index (χ2v) is 3.71. The summed E-state index contributed by atoms with van der Waals surface area (Å²) in [4.78, 5) is 10.8. The van der Waals surface area contributed by atoms with Crippen molar-refractivity contribution in [1.82, 2.24) is 14.9 Å². The van der Waals surface area contributed by atoms with Gasteiger partial charge in [0.25, 0.3) is 0 Å². The lowest BCUT2D eigenvalue weighted by atomic mass is 9.94. The van der Waals surface area contributed by atoms with Gasteiger partial charge in [-0.2, -0.15) is 0 Å². The zero-order valence-corrected chi connectivity index (χ0v) is 9.98. The van der Waals surface area contributed by atoms with E-state index in [-0.39, 0.29) is 0 Å². The van der Waals surface area contributed by atoms with E-state index in [9.17, 15) is 0 Å². The molecule has 3 nitrogen and oxygen atoms in total. The van der Waals surface area contributed by atoms with Crippen molar-refractivity contribution in [2.45, 2.75) is 32.6 Å². The minimum atomic E-state index is 0.630. The van der Waals surface area contributed by atoms with E-state index in [1.807, 2.05) is 20.0 Å². The zero-order valence-electron chi connectivity index (χ0n) is 9.98. The predicted octanol–water partition coefficient (Wildman–Crippen LogP) is 2.31. The first-order valence-electron chi connectivity index (χ1n) is 5.81. The lowest BCUT2D eigenvalue weighted by Crippen LogP contribution is -2.29. The first-order valence-corrected chi connectivity index (χ1v) is 5.81. The lowest BCUT2D eigenvalue weighted by Gasteiger charge is -2.28. The fourth-order valence-corrected chi connectivity index (χ4v) is 1.83. The first-order chi connectivity index (χ1) is 7.36. The molecule has 2 rings (SSSR count). The van der Waals surface area contributed by atoms with Crippen molar-refractivity contribution in [1.29, 1.82) is 0 Å². The normalized spacial score (nSPS) is 18.1. The van der Waals surface area contributed by atoms with Crippen molar-refractivity contribution in [2.75, 3.05) is 20.1 Å². The molecular weight excluding hydrogens is 186 g/mol. The van der Waals surface area contributed by atoms with Crippen molar-refractivity contribution < 1.29 is 0 Å². The summed E-state index contributed by atoms with van der Waals surface area (Å²) in [7, 11) is 2.17. The van der Waals surface area contributed by atoms with Crippen LogP contribution in [0, 0.1) is 0 Å². The number of likely N-dealkylation sites (tertiary alicyclic amines) is 1. The minimum Gasteiger partial charge on any atom is -0.306 e. The molecule has 15 heavy (non-hydrogen) atoms. The predicted molar refractivity (Wildman–Crippen MR) is 62.9 cm³/mol. The topological polar surface area (TPSA) is 29.0 Å². The molecule has 2 heterocycles. The van der Waals surface area contributed by atoms with Gasteiger partial charge >= 0.3 is 0 Å². The van der Waals surface area contributed by atoms with Gasteiger partial charge in [0.15, 0.2) is 0 Å². The number of aromatic nitrogens is 2. The second-order valence-electron chi connectivity index (χ2n) is 3.71. The summed E-state index contributed by atoms with van der Waals surface area (Å²) < 4.78 is 0. The molecule has 0 unspecified atom stereocenters. The van der Waals surface area contributed by atoms with E-state index in [0.717, 1.165) is 5.69 Å². The molecule has 0 amide bonds.